The van der Waals surface area contributed by atoms with E-state index in [9.17, 15) is 4.21 Å². The zero-order valence-electron chi connectivity index (χ0n) is 12.1. The van der Waals surface area contributed by atoms with Crippen molar-refractivity contribution in [3.05, 3.63) is 102 Å². The van der Waals surface area contributed by atoms with Crippen molar-refractivity contribution in [1.29, 1.82) is 0 Å². The lowest BCUT2D eigenvalue weighted by Gasteiger charge is -2.18. The molecule has 2 aromatic carbocycles. The highest BCUT2D eigenvalue weighted by atomic mass is 32.2. The molecular weight excluding hydrogens is 290 g/mol. The van der Waals surface area contributed by atoms with Crippen molar-refractivity contribution in [3.8, 4) is 0 Å². The van der Waals surface area contributed by atoms with Crippen LogP contribution in [-0.4, -0.2) is 9.19 Å². The van der Waals surface area contributed by atoms with Gasteiger partial charge in [0.1, 0.15) is 0 Å². The second-order valence-corrected chi connectivity index (χ2v) is 6.60. The molecule has 3 rings (SSSR count). The van der Waals surface area contributed by atoms with E-state index in [4.69, 9.17) is 0 Å². The Morgan fingerprint density at radius 1 is 0.773 bits per heavy atom. The van der Waals surface area contributed by atoms with Crippen molar-refractivity contribution in [2.24, 2.45) is 0 Å². The topological polar surface area (TPSA) is 30.0 Å². The normalized spacial score (nSPS) is 12.2. The smallest absolute Gasteiger partial charge is 0.0850 e. The summed E-state index contributed by atoms with van der Waals surface area (Å²) in [6.07, 6.45) is 3.49. The summed E-state index contributed by atoms with van der Waals surface area (Å²) in [6.45, 7) is 0. The number of hydrogen-bond acceptors (Lipinski definition) is 2. The van der Waals surface area contributed by atoms with Crippen molar-refractivity contribution in [3.63, 3.8) is 0 Å². The van der Waals surface area contributed by atoms with Gasteiger partial charge in [-0.15, -0.1) is 0 Å². The number of pyridine rings is 1. The maximum atomic E-state index is 13.0. The molecule has 0 aliphatic rings. The standard InChI is InChI=1S/C19H17NOS/c21-22(15-16-11-13-20-14-12-16)19(17-7-3-1-4-8-17)18-9-5-2-6-10-18/h1-14,19H,15H2. The average Bonchev–Trinajstić information content (AvgIpc) is 2.58. The second-order valence-electron chi connectivity index (χ2n) is 5.08. The summed E-state index contributed by atoms with van der Waals surface area (Å²) >= 11 is 0. The van der Waals surface area contributed by atoms with Crippen LogP contribution in [0.4, 0.5) is 0 Å². The minimum Gasteiger partial charge on any atom is -0.265 e. The van der Waals surface area contributed by atoms with Gasteiger partial charge in [-0.3, -0.25) is 9.19 Å². The van der Waals surface area contributed by atoms with Gasteiger partial charge in [0.2, 0.25) is 0 Å². The lowest BCUT2D eigenvalue weighted by Crippen LogP contribution is -2.10. The fourth-order valence-corrected chi connectivity index (χ4v) is 4.09. The Hall–Kier alpha value is -2.26. The molecule has 0 aliphatic heterocycles. The number of hydrogen-bond donors (Lipinski definition) is 0. The van der Waals surface area contributed by atoms with E-state index in [1.165, 1.54) is 0 Å². The van der Waals surface area contributed by atoms with Crippen LogP contribution >= 0.6 is 0 Å². The lowest BCUT2D eigenvalue weighted by atomic mass is 10.0. The quantitative estimate of drug-likeness (QED) is 0.709. The Bertz CT molecular complexity index is 690. The highest BCUT2D eigenvalue weighted by Gasteiger charge is 2.21. The molecule has 0 amide bonds. The van der Waals surface area contributed by atoms with E-state index in [0.29, 0.717) is 5.75 Å². The van der Waals surface area contributed by atoms with Crippen LogP contribution in [0.25, 0.3) is 0 Å². The van der Waals surface area contributed by atoms with E-state index in [0.717, 1.165) is 16.7 Å². The molecule has 2 nitrogen and oxygen atoms in total. The first-order chi connectivity index (χ1) is 10.8. The largest absolute Gasteiger partial charge is 0.265 e. The molecule has 0 N–H and O–H groups in total. The van der Waals surface area contributed by atoms with Gasteiger partial charge in [0, 0.05) is 28.9 Å². The molecular formula is C19H17NOS. The molecule has 0 saturated carbocycles. The number of nitrogens with zero attached hydrogens (tertiary/aromatic N) is 1. The SMILES string of the molecule is O=S(Cc1ccncc1)C(c1ccccc1)c1ccccc1. The lowest BCUT2D eigenvalue weighted by molar-refractivity contribution is 0.677. The summed E-state index contributed by atoms with van der Waals surface area (Å²) in [5.41, 5.74) is 3.22. The molecule has 0 radical (unpaired) electrons. The fraction of sp³-hybridized carbons (Fsp3) is 0.105. The maximum absolute atomic E-state index is 13.0. The predicted octanol–water partition coefficient (Wildman–Crippen LogP) is 4.12. The Morgan fingerprint density at radius 3 is 1.77 bits per heavy atom. The zero-order valence-corrected chi connectivity index (χ0v) is 12.9. The van der Waals surface area contributed by atoms with Crippen molar-refractivity contribution >= 4 is 10.8 Å². The highest BCUT2D eigenvalue weighted by Crippen LogP contribution is 2.29. The molecule has 0 aliphatic carbocycles. The van der Waals surface area contributed by atoms with Gasteiger partial charge in [-0.05, 0) is 28.8 Å². The predicted molar refractivity (Wildman–Crippen MR) is 90.8 cm³/mol. The first-order valence-corrected chi connectivity index (χ1v) is 8.59. The molecule has 22 heavy (non-hydrogen) atoms. The van der Waals surface area contributed by atoms with E-state index in [1.54, 1.807) is 12.4 Å². The van der Waals surface area contributed by atoms with Gasteiger partial charge in [-0.2, -0.15) is 0 Å². The van der Waals surface area contributed by atoms with E-state index < -0.39 is 10.8 Å². The Kier molecular flexibility index (Phi) is 4.76. The molecule has 1 atom stereocenters. The van der Waals surface area contributed by atoms with Crippen molar-refractivity contribution < 1.29 is 4.21 Å². The molecule has 0 spiro atoms. The van der Waals surface area contributed by atoms with E-state index in [-0.39, 0.29) is 5.25 Å². The van der Waals surface area contributed by atoms with Crippen LogP contribution in [0.1, 0.15) is 21.9 Å². The third-order valence-corrected chi connectivity index (χ3v) is 5.21. The summed E-state index contributed by atoms with van der Waals surface area (Å²) in [5, 5.41) is -0.115. The first kappa shape index (κ1) is 14.7. The van der Waals surface area contributed by atoms with E-state index in [2.05, 4.69) is 4.98 Å². The van der Waals surface area contributed by atoms with Crippen LogP contribution < -0.4 is 0 Å². The number of benzene rings is 2. The minimum atomic E-state index is -1.04. The van der Waals surface area contributed by atoms with E-state index >= 15 is 0 Å². The van der Waals surface area contributed by atoms with Crippen LogP contribution in [0.5, 0.6) is 0 Å². The molecule has 3 aromatic rings. The third-order valence-electron chi connectivity index (χ3n) is 3.53. The van der Waals surface area contributed by atoms with Crippen molar-refractivity contribution in [2.45, 2.75) is 11.0 Å². The summed E-state index contributed by atoms with van der Waals surface area (Å²) in [6, 6.07) is 24.0. The van der Waals surface area contributed by atoms with Gasteiger partial charge >= 0.3 is 0 Å². The van der Waals surface area contributed by atoms with Crippen LogP contribution in [-0.2, 0) is 16.6 Å². The first-order valence-electron chi connectivity index (χ1n) is 7.20. The molecule has 1 unspecified atom stereocenters. The Morgan fingerprint density at radius 2 is 1.27 bits per heavy atom. The van der Waals surface area contributed by atoms with E-state index in [1.807, 2.05) is 72.8 Å². The maximum Gasteiger partial charge on any atom is 0.0850 e. The van der Waals surface area contributed by atoms with Gasteiger partial charge < -0.3 is 0 Å². The summed E-state index contributed by atoms with van der Waals surface area (Å²) in [4.78, 5) is 4.01. The minimum absolute atomic E-state index is 0.115. The average molecular weight is 307 g/mol. The monoisotopic (exact) mass is 307 g/mol. The van der Waals surface area contributed by atoms with Crippen molar-refractivity contribution in [2.75, 3.05) is 0 Å². The van der Waals surface area contributed by atoms with Crippen LogP contribution in [0.3, 0.4) is 0 Å². The number of rotatable bonds is 5. The van der Waals surface area contributed by atoms with Crippen LogP contribution in [0.2, 0.25) is 0 Å². The molecule has 3 heteroatoms. The zero-order chi connectivity index (χ0) is 15.2. The van der Waals surface area contributed by atoms with Crippen molar-refractivity contribution in [1.82, 2.24) is 4.98 Å². The summed E-state index contributed by atoms with van der Waals surface area (Å²) < 4.78 is 13.0. The molecule has 1 aromatic heterocycles. The van der Waals surface area contributed by atoms with Gasteiger partial charge in [0.15, 0.2) is 0 Å². The molecule has 0 bridgehead atoms. The third kappa shape index (κ3) is 3.49. The second kappa shape index (κ2) is 7.14. The van der Waals surface area contributed by atoms with Gasteiger partial charge in [0.25, 0.3) is 0 Å². The van der Waals surface area contributed by atoms with Gasteiger partial charge in [0.05, 0.1) is 5.25 Å². The molecule has 0 saturated heterocycles. The highest BCUT2D eigenvalue weighted by molar-refractivity contribution is 7.84. The van der Waals surface area contributed by atoms with Crippen LogP contribution in [0, 0.1) is 0 Å². The molecule has 0 fully saturated rings. The van der Waals surface area contributed by atoms with Gasteiger partial charge in [-0.25, -0.2) is 0 Å². The fourth-order valence-electron chi connectivity index (χ4n) is 2.48. The number of aromatic nitrogens is 1. The van der Waals surface area contributed by atoms with Gasteiger partial charge in [-0.1, -0.05) is 60.7 Å². The summed E-state index contributed by atoms with van der Waals surface area (Å²) in [5.74, 6) is 0.525. The summed E-state index contributed by atoms with van der Waals surface area (Å²) in [7, 11) is -1.04. The Labute approximate surface area is 133 Å². The molecule has 110 valence electrons. The van der Waals surface area contributed by atoms with Crippen LogP contribution in [0.15, 0.2) is 85.2 Å². The molecule has 1 heterocycles. The Balaban J connectivity index is 1.94.